The van der Waals surface area contributed by atoms with Crippen molar-refractivity contribution >= 4 is 24.0 Å². The minimum absolute atomic E-state index is 0.0891. The summed E-state index contributed by atoms with van der Waals surface area (Å²) in [6.45, 7) is 8.45. The highest BCUT2D eigenvalue weighted by molar-refractivity contribution is 5.92. The molecular formula is C46H59N3O6. The van der Waals surface area contributed by atoms with E-state index in [0.717, 1.165) is 46.5 Å². The largest absolute Gasteiger partial charge is 0.493 e. The molecule has 0 aliphatic rings. The molecule has 3 aromatic carbocycles. The SMILES string of the molecule is CCCCCCCCCCCCNC(=O)/C=C/c1ccc(-c2[nH]c(-c3ccc(OC)c(OC)c3OC)nc2-c2ccc(/C=C/C(=O)OC(C)(C)C)cc2)cc1. The molecule has 0 bridgehead atoms. The number of benzene rings is 3. The molecule has 0 saturated carbocycles. The third-order valence-corrected chi connectivity index (χ3v) is 9.12. The summed E-state index contributed by atoms with van der Waals surface area (Å²) in [5.74, 6) is 1.59. The van der Waals surface area contributed by atoms with Gasteiger partial charge in [-0.2, -0.15) is 0 Å². The van der Waals surface area contributed by atoms with Crippen molar-refractivity contribution in [1.82, 2.24) is 15.3 Å². The molecule has 4 rings (SSSR count). The summed E-state index contributed by atoms with van der Waals surface area (Å²) in [7, 11) is 4.73. The van der Waals surface area contributed by atoms with E-state index in [1.807, 2.05) is 87.5 Å². The van der Waals surface area contributed by atoms with Gasteiger partial charge < -0.3 is 29.2 Å². The molecule has 2 N–H and O–H groups in total. The highest BCUT2D eigenvalue weighted by Crippen LogP contribution is 2.45. The number of hydrogen-bond donors (Lipinski definition) is 2. The molecule has 9 heteroatoms. The van der Waals surface area contributed by atoms with Crippen LogP contribution in [0.2, 0.25) is 0 Å². The van der Waals surface area contributed by atoms with Gasteiger partial charge in [-0.05, 0) is 62.6 Å². The molecule has 0 radical (unpaired) electrons. The van der Waals surface area contributed by atoms with E-state index in [2.05, 4.69) is 17.2 Å². The molecule has 4 aromatic rings. The number of nitrogens with zero attached hydrogens (tertiary/aromatic N) is 1. The van der Waals surface area contributed by atoms with Crippen molar-refractivity contribution in [2.75, 3.05) is 27.9 Å². The van der Waals surface area contributed by atoms with Crippen LogP contribution in [0.25, 0.3) is 46.1 Å². The van der Waals surface area contributed by atoms with Crippen molar-refractivity contribution in [2.24, 2.45) is 0 Å². The van der Waals surface area contributed by atoms with Crippen LogP contribution in [0.1, 0.15) is 103 Å². The predicted molar refractivity (Wildman–Crippen MR) is 223 cm³/mol. The third-order valence-electron chi connectivity index (χ3n) is 9.12. The van der Waals surface area contributed by atoms with E-state index >= 15 is 0 Å². The molecule has 0 saturated heterocycles. The number of carbonyl (C=O) groups is 2. The first-order chi connectivity index (χ1) is 26.6. The number of hydrogen-bond acceptors (Lipinski definition) is 7. The molecule has 0 spiro atoms. The molecule has 0 aliphatic carbocycles. The smallest absolute Gasteiger partial charge is 0.331 e. The Bertz CT molecular complexity index is 1870. The lowest BCUT2D eigenvalue weighted by Gasteiger charge is -2.17. The summed E-state index contributed by atoms with van der Waals surface area (Å²) in [6, 6.07) is 19.5. The zero-order chi connectivity index (χ0) is 39.6. The Balaban J connectivity index is 1.49. The normalized spacial score (nSPS) is 11.6. The summed E-state index contributed by atoms with van der Waals surface area (Å²) in [4.78, 5) is 33.4. The number of aromatic nitrogens is 2. The molecule has 55 heavy (non-hydrogen) atoms. The number of imidazole rings is 1. The number of aromatic amines is 1. The number of H-pyrrole nitrogens is 1. The van der Waals surface area contributed by atoms with Crippen LogP contribution in [0.15, 0.2) is 72.8 Å². The summed E-state index contributed by atoms with van der Waals surface area (Å²) < 4.78 is 22.3. The van der Waals surface area contributed by atoms with Gasteiger partial charge in [-0.1, -0.05) is 113 Å². The monoisotopic (exact) mass is 749 g/mol. The van der Waals surface area contributed by atoms with Crippen LogP contribution < -0.4 is 19.5 Å². The number of unbranched alkanes of at least 4 members (excludes halogenated alkanes) is 9. The molecule has 0 fully saturated rings. The second-order valence-electron chi connectivity index (χ2n) is 14.6. The first-order valence-electron chi connectivity index (χ1n) is 19.5. The van der Waals surface area contributed by atoms with Gasteiger partial charge in [0, 0.05) is 29.8 Å². The van der Waals surface area contributed by atoms with Gasteiger partial charge in [0.05, 0.1) is 38.3 Å². The van der Waals surface area contributed by atoms with Crippen molar-refractivity contribution in [2.45, 2.75) is 97.5 Å². The van der Waals surface area contributed by atoms with Gasteiger partial charge in [0.25, 0.3) is 0 Å². The molecule has 0 atom stereocenters. The van der Waals surface area contributed by atoms with Crippen LogP contribution in [-0.2, 0) is 14.3 Å². The van der Waals surface area contributed by atoms with E-state index < -0.39 is 11.6 Å². The van der Waals surface area contributed by atoms with Gasteiger partial charge >= 0.3 is 5.97 Å². The molecule has 0 unspecified atom stereocenters. The first kappa shape index (κ1) is 42.4. The maximum atomic E-state index is 12.5. The van der Waals surface area contributed by atoms with E-state index in [1.165, 1.54) is 57.4 Å². The van der Waals surface area contributed by atoms with Crippen molar-refractivity contribution in [1.29, 1.82) is 0 Å². The summed E-state index contributed by atoms with van der Waals surface area (Å²) in [5.41, 5.74) is 5.19. The van der Waals surface area contributed by atoms with Crippen LogP contribution in [-0.4, -0.2) is 55.3 Å². The fraction of sp³-hybridized carbons (Fsp3) is 0.413. The van der Waals surface area contributed by atoms with Gasteiger partial charge in [0.1, 0.15) is 11.4 Å². The number of methoxy groups -OCH3 is 3. The second-order valence-corrected chi connectivity index (χ2v) is 14.6. The lowest BCUT2D eigenvalue weighted by Crippen LogP contribution is -2.22. The average Bonchev–Trinajstić information content (AvgIpc) is 3.62. The lowest BCUT2D eigenvalue weighted by molar-refractivity contribution is -0.148. The summed E-state index contributed by atoms with van der Waals surface area (Å²) in [5, 5.41) is 3.02. The molecule has 1 amide bonds. The third kappa shape index (κ3) is 13.2. The highest BCUT2D eigenvalue weighted by atomic mass is 16.6. The quantitative estimate of drug-likeness (QED) is 0.0495. The highest BCUT2D eigenvalue weighted by Gasteiger charge is 2.22. The fourth-order valence-electron chi connectivity index (χ4n) is 6.27. The van der Waals surface area contributed by atoms with Crippen molar-refractivity contribution in [3.8, 4) is 51.2 Å². The summed E-state index contributed by atoms with van der Waals surface area (Å²) >= 11 is 0. The number of esters is 1. The zero-order valence-electron chi connectivity index (χ0n) is 33.8. The Hall–Kier alpha value is -5.31. The Labute approximate surface area is 327 Å². The van der Waals surface area contributed by atoms with Crippen LogP contribution in [0.3, 0.4) is 0 Å². The minimum atomic E-state index is -0.564. The van der Waals surface area contributed by atoms with E-state index in [4.69, 9.17) is 23.9 Å². The van der Waals surface area contributed by atoms with E-state index in [-0.39, 0.29) is 5.91 Å². The van der Waals surface area contributed by atoms with Crippen LogP contribution in [0.4, 0.5) is 0 Å². The van der Waals surface area contributed by atoms with E-state index in [1.54, 1.807) is 33.5 Å². The Morgan fingerprint density at radius 2 is 1.25 bits per heavy atom. The molecule has 1 heterocycles. The Morgan fingerprint density at radius 1 is 0.691 bits per heavy atom. The van der Waals surface area contributed by atoms with Gasteiger partial charge in [-0.15, -0.1) is 0 Å². The number of amides is 1. The molecule has 9 nitrogen and oxygen atoms in total. The molecular weight excluding hydrogens is 691 g/mol. The van der Waals surface area contributed by atoms with Gasteiger partial charge in [0.2, 0.25) is 11.7 Å². The Kier molecular flexibility index (Phi) is 16.6. The second kappa shape index (κ2) is 21.5. The van der Waals surface area contributed by atoms with Gasteiger partial charge in [-0.3, -0.25) is 4.79 Å². The van der Waals surface area contributed by atoms with Crippen LogP contribution in [0, 0.1) is 0 Å². The number of rotatable bonds is 21. The molecule has 1 aromatic heterocycles. The first-order valence-corrected chi connectivity index (χ1v) is 19.5. The number of carbonyl (C=O) groups excluding carboxylic acids is 2. The van der Waals surface area contributed by atoms with Crippen molar-refractivity contribution in [3.05, 3.63) is 83.9 Å². The van der Waals surface area contributed by atoms with Crippen molar-refractivity contribution in [3.63, 3.8) is 0 Å². The summed E-state index contributed by atoms with van der Waals surface area (Å²) in [6.07, 6.45) is 19.2. The number of nitrogens with one attached hydrogen (secondary N) is 2. The fourth-order valence-corrected chi connectivity index (χ4v) is 6.27. The number of ether oxygens (including phenoxy) is 4. The van der Waals surface area contributed by atoms with Gasteiger partial charge in [0.15, 0.2) is 11.5 Å². The van der Waals surface area contributed by atoms with Crippen molar-refractivity contribution < 1.29 is 28.5 Å². The maximum Gasteiger partial charge on any atom is 0.331 e. The van der Waals surface area contributed by atoms with Crippen LogP contribution in [0.5, 0.6) is 17.2 Å². The maximum absolute atomic E-state index is 12.5. The predicted octanol–water partition coefficient (Wildman–Crippen LogP) is 10.8. The Morgan fingerprint density at radius 3 is 1.82 bits per heavy atom. The molecule has 0 aliphatic heterocycles. The lowest BCUT2D eigenvalue weighted by atomic mass is 10.0. The zero-order valence-corrected chi connectivity index (χ0v) is 33.8. The minimum Gasteiger partial charge on any atom is -0.493 e. The van der Waals surface area contributed by atoms with Gasteiger partial charge in [-0.25, -0.2) is 9.78 Å². The van der Waals surface area contributed by atoms with Crippen LogP contribution >= 0.6 is 0 Å². The average molecular weight is 750 g/mol. The van der Waals surface area contributed by atoms with E-state index in [0.29, 0.717) is 35.2 Å². The van der Waals surface area contributed by atoms with E-state index in [9.17, 15) is 9.59 Å². The standard InChI is InChI=1S/C46H59N3O6/c1-8-9-10-11-12-13-14-15-16-17-32-47-39(50)30-22-33-18-24-35(25-19-33)41-42(36-26-20-34(21-27-36)23-31-40(51)55-46(2,3)4)49-45(48-41)37-28-29-38(52-5)44(54-7)43(37)53-6/h18-31H,8-17,32H2,1-7H3,(H,47,50)(H,48,49)/b30-22+,31-23+. The molecule has 294 valence electrons. The topological polar surface area (TPSA) is 112 Å².